The van der Waals surface area contributed by atoms with E-state index in [0.29, 0.717) is 6.54 Å². The van der Waals surface area contributed by atoms with Crippen molar-refractivity contribution in [3.05, 3.63) is 71.8 Å². The lowest BCUT2D eigenvalue weighted by Gasteiger charge is -2.33. The lowest BCUT2D eigenvalue weighted by molar-refractivity contribution is -0.134. The summed E-state index contributed by atoms with van der Waals surface area (Å²) < 4.78 is 0. The van der Waals surface area contributed by atoms with Gasteiger partial charge in [-0.05, 0) is 49.4 Å². The molecule has 4 nitrogen and oxygen atoms in total. The number of benzene rings is 2. The van der Waals surface area contributed by atoms with Gasteiger partial charge in [-0.3, -0.25) is 9.69 Å². The van der Waals surface area contributed by atoms with Crippen molar-refractivity contribution < 1.29 is 4.79 Å². The van der Waals surface area contributed by atoms with Crippen molar-refractivity contribution in [2.75, 3.05) is 19.6 Å². The Morgan fingerprint density at radius 3 is 2.33 bits per heavy atom. The lowest BCUT2D eigenvalue weighted by Crippen LogP contribution is -2.42. The predicted octanol–water partition coefficient (Wildman–Crippen LogP) is 3.90. The smallest absolute Gasteiger partial charge is 0.257 e. The maximum atomic E-state index is 12.8. The number of rotatable bonds is 5. The average Bonchev–Trinajstić information content (AvgIpc) is 3.21. The van der Waals surface area contributed by atoms with E-state index in [2.05, 4.69) is 52.5 Å². The molecule has 4 rings (SSSR count). The lowest BCUT2D eigenvalue weighted by atomic mass is 9.90. The fourth-order valence-electron chi connectivity index (χ4n) is 4.17. The number of nitrogens with zero attached hydrogens (tertiary/aromatic N) is 3. The molecule has 0 saturated carbocycles. The van der Waals surface area contributed by atoms with Crippen molar-refractivity contribution >= 4 is 12.1 Å². The normalized spacial score (nSPS) is 20.9. The Balaban J connectivity index is 1.28. The number of piperidine rings is 1. The number of hydrogen-bond acceptors (Lipinski definition) is 3. The Hall–Kier alpha value is -2.46. The van der Waals surface area contributed by atoms with Gasteiger partial charge in [0.15, 0.2) is 0 Å². The van der Waals surface area contributed by atoms with Gasteiger partial charge >= 0.3 is 0 Å². The molecule has 0 aromatic heterocycles. The largest absolute Gasteiger partial charge is 0.294 e. The molecule has 0 N–H and O–H groups in total. The summed E-state index contributed by atoms with van der Waals surface area (Å²) in [4.78, 5) is 15.1. The van der Waals surface area contributed by atoms with E-state index in [0.717, 1.165) is 50.3 Å². The van der Waals surface area contributed by atoms with Crippen LogP contribution < -0.4 is 0 Å². The summed E-state index contributed by atoms with van der Waals surface area (Å²) in [5.74, 6) is 0.833. The first-order valence-electron chi connectivity index (χ1n) is 9.95. The number of hydrogen-bond donors (Lipinski definition) is 0. The third kappa shape index (κ3) is 4.45. The van der Waals surface area contributed by atoms with Crippen LogP contribution in [0.3, 0.4) is 0 Å². The first-order chi connectivity index (χ1) is 13.3. The van der Waals surface area contributed by atoms with E-state index < -0.39 is 0 Å². The average molecular weight is 361 g/mol. The molecule has 140 valence electrons. The molecule has 1 saturated heterocycles. The first kappa shape index (κ1) is 17.9. The van der Waals surface area contributed by atoms with Crippen molar-refractivity contribution in [3.63, 3.8) is 0 Å². The van der Waals surface area contributed by atoms with E-state index in [1.54, 1.807) is 5.01 Å². The summed E-state index contributed by atoms with van der Waals surface area (Å²) in [6.45, 7) is 2.46. The molecular formula is C23H27N3O. The van der Waals surface area contributed by atoms with Gasteiger partial charge in [-0.15, -0.1) is 0 Å². The number of amides is 1. The molecule has 2 aliphatic rings. The highest BCUT2D eigenvalue weighted by Gasteiger charge is 2.30. The van der Waals surface area contributed by atoms with E-state index in [4.69, 9.17) is 0 Å². The van der Waals surface area contributed by atoms with Gasteiger partial charge in [-0.25, -0.2) is 5.01 Å². The Kier molecular flexibility index (Phi) is 5.64. The molecule has 0 unspecified atom stereocenters. The first-order valence-corrected chi connectivity index (χ1v) is 9.95. The van der Waals surface area contributed by atoms with Gasteiger partial charge in [0, 0.05) is 12.6 Å². The van der Waals surface area contributed by atoms with E-state index in [9.17, 15) is 4.79 Å². The van der Waals surface area contributed by atoms with Crippen molar-refractivity contribution in [2.45, 2.75) is 31.7 Å². The number of likely N-dealkylation sites (tertiary alicyclic amines) is 1. The summed E-state index contributed by atoms with van der Waals surface area (Å²) >= 11 is 0. The van der Waals surface area contributed by atoms with Crippen LogP contribution >= 0.6 is 0 Å². The standard InChI is InChI=1S/C23H27N3O/c27-23(26-22(11-14-24-26)21-9-5-2-6-10-21)18-25-15-12-20(13-16-25)17-19-7-3-1-4-8-19/h1-10,14,20,22H,11-13,15-18H2/t22-/m1/s1. The van der Waals surface area contributed by atoms with Crippen LogP contribution in [0, 0.1) is 5.92 Å². The maximum absolute atomic E-state index is 12.8. The summed E-state index contributed by atoms with van der Waals surface area (Å²) in [6, 6.07) is 21.0. The van der Waals surface area contributed by atoms with Crippen LogP contribution in [0.25, 0.3) is 0 Å². The van der Waals surface area contributed by atoms with Crippen LogP contribution in [0.15, 0.2) is 65.8 Å². The Morgan fingerprint density at radius 2 is 1.63 bits per heavy atom. The minimum Gasteiger partial charge on any atom is -0.294 e. The summed E-state index contributed by atoms with van der Waals surface area (Å²) in [6.07, 6.45) is 6.13. The van der Waals surface area contributed by atoms with E-state index >= 15 is 0 Å². The van der Waals surface area contributed by atoms with Crippen molar-refractivity contribution in [2.24, 2.45) is 11.0 Å². The van der Waals surface area contributed by atoms with Crippen molar-refractivity contribution in [1.29, 1.82) is 0 Å². The van der Waals surface area contributed by atoms with Gasteiger partial charge < -0.3 is 0 Å². The van der Waals surface area contributed by atoms with Gasteiger partial charge in [0.05, 0.1) is 12.6 Å². The third-order valence-electron chi connectivity index (χ3n) is 5.70. The highest BCUT2D eigenvalue weighted by molar-refractivity contribution is 5.81. The molecule has 0 bridgehead atoms. The maximum Gasteiger partial charge on any atom is 0.257 e. The molecule has 0 aliphatic carbocycles. The van der Waals surface area contributed by atoms with Crippen LogP contribution in [0.1, 0.15) is 36.4 Å². The fraction of sp³-hybridized carbons (Fsp3) is 0.391. The van der Waals surface area contributed by atoms with E-state index in [-0.39, 0.29) is 11.9 Å². The second-order valence-electron chi connectivity index (χ2n) is 7.61. The second kappa shape index (κ2) is 8.49. The molecule has 2 aliphatic heterocycles. The topological polar surface area (TPSA) is 35.9 Å². The molecule has 2 heterocycles. The summed E-state index contributed by atoms with van der Waals surface area (Å²) in [7, 11) is 0. The number of carbonyl (C=O) groups is 1. The molecule has 1 fully saturated rings. The molecule has 1 amide bonds. The third-order valence-corrected chi connectivity index (χ3v) is 5.70. The molecule has 4 heteroatoms. The van der Waals surface area contributed by atoms with E-state index in [1.165, 1.54) is 5.56 Å². The molecule has 2 aromatic rings. The predicted molar refractivity (Wildman–Crippen MR) is 108 cm³/mol. The number of hydrazone groups is 1. The Bertz CT molecular complexity index is 767. The molecule has 27 heavy (non-hydrogen) atoms. The fourth-order valence-corrected chi connectivity index (χ4v) is 4.17. The highest BCUT2D eigenvalue weighted by Crippen LogP contribution is 2.28. The quantitative estimate of drug-likeness (QED) is 0.810. The van der Waals surface area contributed by atoms with Crippen LogP contribution in [0.5, 0.6) is 0 Å². The number of carbonyl (C=O) groups excluding carboxylic acids is 1. The minimum atomic E-state index is 0.0503. The zero-order valence-corrected chi connectivity index (χ0v) is 15.7. The van der Waals surface area contributed by atoms with Gasteiger partial charge in [-0.1, -0.05) is 60.7 Å². The molecule has 0 spiro atoms. The van der Waals surface area contributed by atoms with Crippen molar-refractivity contribution in [3.8, 4) is 0 Å². The molecular weight excluding hydrogens is 334 g/mol. The Labute approximate surface area is 161 Å². The molecule has 2 aromatic carbocycles. The van der Waals surface area contributed by atoms with Crippen LogP contribution in [-0.4, -0.2) is 41.7 Å². The summed E-state index contributed by atoms with van der Waals surface area (Å²) in [5.41, 5.74) is 2.58. The second-order valence-corrected chi connectivity index (χ2v) is 7.61. The zero-order chi connectivity index (χ0) is 18.5. The highest BCUT2D eigenvalue weighted by atomic mass is 16.2. The van der Waals surface area contributed by atoms with E-state index in [1.807, 2.05) is 24.4 Å². The monoisotopic (exact) mass is 361 g/mol. The van der Waals surface area contributed by atoms with Crippen molar-refractivity contribution in [1.82, 2.24) is 9.91 Å². The SMILES string of the molecule is O=C(CN1CCC(Cc2ccccc2)CC1)N1N=CC[C@@H]1c1ccccc1. The van der Waals surface area contributed by atoms with Gasteiger partial charge in [0.25, 0.3) is 5.91 Å². The van der Waals surface area contributed by atoms with Crippen LogP contribution in [0.2, 0.25) is 0 Å². The van der Waals surface area contributed by atoms with Crippen LogP contribution in [0.4, 0.5) is 0 Å². The van der Waals surface area contributed by atoms with Crippen LogP contribution in [-0.2, 0) is 11.2 Å². The minimum absolute atomic E-state index is 0.0503. The zero-order valence-electron chi connectivity index (χ0n) is 15.7. The van der Waals surface area contributed by atoms with Gasteiger partial charge in [0.1, 0.15) is 0 Å². The molecule has 0 radical (unpaired) electrons. The summed E-state index contributed by atoms with van der Waals surface area (Å²) in [5, 5.41) is 6.05. The molecule has 1 atom stereocenters. The Morgan fingerprint density at radius 1 is 0.963 bits per heavy atom. The van der Waals surface area contributed by atoms with Gasteiger partial charge in [0.2, 0.25) is 0 Å². The van der Waals surface area contributed by atoms with Gasteiger partial charge in [-0.2, -0.15) is 5.10 Å².